The average Bonchev–Trinajstić information content (AvgIpc) is 2.67. The maximum absolute atomic E-state index is 12.4. The third-order valence-electron chi connectivity index (χ3n) is 4.78. The molecule has 29 heavy (non-hydrogen) atoms. The topological polar surface area (TPSA) is 180 Å². The quantitative estimate of drug-likeness (QED) is 0.100. The van der Waals surface area contributed by atoms with E-state index in [1.54, 1.807) is 10.3 Å². The van der Waals surface area contributed by atoms with Gasteiger partial charge in [-0.1, -0.05) is 18.3 Å². The van der Waals surface area contributed by atoms with Crippen LogP contribution in [0.1, 0.15) is 44.9 Å². The first-order valence-electron chi connectivity index (χ1n) is 9.99. The molecule has 0 bridgehead atoms. The van der Waals surface area contributed by atoms with Gasteiger partial charge in [-0.25, -0.2) is 15.1 Å². The highest BCUT2D eigenvalue weighted by Crippen LogP contribution is 2.09. The van der Waals surface area contributed by atoms with Crippen LogP contribution in [-0.2, 0) is 9.59 Å². The Balaban J connectivity index is 2.16. The van der Waals surface area contributed by atoms with Gasteiger partial charge in [0.2, 0.25) is 5.91 Å². The molecular weight excluding hydrogens is 382 g/mol. The van der Waals surface area contributed by atoms with Crippen LogP contribution in [0, 0.1) is 10.1 Å². The maximum atomic E-state index is 12.4. The highest BCUT2D eigenvalue weighted by Gasteiger charge is 2.24. The lowest BCUT2D eigenvalue weighted by molar-refractivity contribution is -0.525. The molecule has 1 atom stereocenters. The molecule has 0 aromatic heterocycles. The normalized spacial score (nSPS) is 16.4. The van der Waals surface area contributed by atoms with Crippen LogP contribution in [0.3, 0.4) is 0 Å². The number of nitrogens with two attached hydrogens (primary N) is 2. The van der Waals surface area contributed by atoms with Gasteiger partial charge in [0.1, 0.15) is 0 Å². The van der Waals surface area contributed by atoms with E-state index in [9.17, 15) is 19.7 Å². The van der Waals surface area contributed by atoms with Crippen molar-refractivity contribution in [2.45, 2.75) is 51.0 Å². The molecule has 1 saturated heterocycles. The van der Waals surface area contributed by atoms with Gasteiger partial charge in [0.25, 0.3) is 5.96 Å². The van der Waals surface area contributed by atoms with Crippen molar-refractivity contribution in [2.75, 3.05) is 39.3 Å². The Hall–Kier alpha value is -2.47. The van der Waals surface area contributed by atoms with Crippen LogP contribution in [0.15, 0.2) is 4.99 Å². The van der Waals surface area contributed by atoms with Crippen molar-refractivity contribution in [3.8, 4) is 0 Å². The van der Waals surface area contributed by atoms with Crippen LogP contribution < -0.4 is 16.9 Å². The first kappa shape index (κ1) is 24.6. The van der Waals surface area contributed by atoms with E-state index < -0.39 is 17.0 Å². The summed E-state index contributed by atoms with van der Waals surface area (Å²) >= 11 is 0. The largest absolute Gasteiger partial charge is 0.481 e. The number of carbonyl (C=O) groups is 2. The smallest absolute Gasteiger partial charge is 0.303 e. The lowest BCUT2D eigenvalue weighted by Crippen LogP contribution is -2.53. The maximum Gasteiger partial charge on any atom is 0.303 e. The number of nitrogens with zero attached hydrogens (tertiary/aromatic N) is 4. The summed E-state index contributed by atoms with van der Waals surface area (Å²) in [7, 11) is 0. The Bertz CT molecular complexity index is 564. The van der Waals surface area contributed by atoms with E-state index in [0.717, 1.165) is 45.3 Å². The molecule has 0 aromatic carbocycles. The number of hydrazine groups is 1. The molecule has 1 aliphatic rings. The van der Waals surface area contributed by atoms with E-state index in [0.29, 0.717) is 25.9 Å². The molecule has 1 fully saturated rings. The summed E-state index contributed by atoms with van der Waals surface area (Å²) in [4.78, 5) is 41.0. The van der Waals surface area contributed by atoms with Crippen LogP contribution in [0.5, 0.6) is 0 Å². The minimum atomic E-state index is -0.785. The van der Waals surface area contributed by atoms with Crippen LogP contribution in [-0.4, -0.2) is 83.1 Å². The van der Waals surface area contributed by atoms with Gasteiger partial charge >= 0.3 is 5.97 Å². The molecule has 1 heterocycles. The Morgan fingerprint density at radius 3 is 2.41 bits per heavy atom. The van der Waals surface area contributed by atoms with E-state index in [2.05, 4.69) is 9.89 Å². The Morgan fingerprint density at radius 2 is 1.79 bits per heavy atom. The second-order valence-corrected chi connectivity index (χ2v) is 7.11. The first-order chi connectivity index (χ1) is 13.8. The molecule has 0 radical (unpaired) electrons. The van der Waals surface area contributed by atoms with Gasteiger partial charge in [0.15, 0.2) is 5.03 Å². The van der Waals surface area contributed by atoms with Gasteiger partial charge in [0, 0.05) is 39.1 Å². The van der Waals surface area contributed by atoms with Crippen molar-refractivity contribution in [3.63, 3.8) is 0 Å². The van der Waals surface area contributed by atoms with Crippen molar-refractivity contribution in [1.82, 2.24) is 15.2 Å². The summed E-state index contributed by atoms with van der Waals surface area (Å²) in [6.45, 7) is 4.11. The van der Waals surface area contributed by atoms with E-state index in [4.69, 9.17) is 16.6 Å². The van der Waals surface area contributed by atoms with Gasteiger partial charge in [-0.15, -0.1) is 0 Å². The number of aliphatic carboxylic acids is 1. The number of nitrogens with one attached hydrogen (secondary N) is 1. The van der Waals surface area contributed by atoms with E-state index in [1.165, 1.54) is 0 Å². The predicted octanol–water partition coefficient (Wildman–Crippen LogP) is -0.631. The van der Waals surface area contributed by atoms with Crippen LogP contribution in [0.25, 0.3) is 0 Å². The number of guanidine groups is 1. The molecule has 0 spiro atoms. The Labute approximate surface area is 170 Å². The Kier molecular flexibility index (Phi) is 11.6. The molecule has 0 aliphatic carbocycles. The summed E-state index contributed by atoms with van der Waals surface area (Å²) in [5.41, 5.74) is 13.0. The fourth-order valence-corrected chi connectivity index (χ4v) is 3.15. The van der Waals surface area contributed by atoms with Crippen LogP contribution in [0.2, 0.25) is 0 Å². The highest BCUT2D eigenvalue weighted by molar-refractivity contribution is 5.81. The molecule has 12 heteroatoms. The van der Waals surface area contributed by atoms with Gasteiger partial charge < -0.3 is 21.5 Å². The number of aliphatic imine (C=N–C) groups is 1. The predicted molar refractivity (Wildman–Crippen MR) is 108 cm³/mol. The summed E-state index contributed by atoms with van der Waals surface area (Å²) in [5, 5.41) is 18.0. The molecule has 12 nitrogen and oxygen atoms in total. The van der Waals surface area contributed by atoms with Crippen molar-refractivity contribution in [3.05, 3.63) is 10.1 Å². The minimum absolute atomic E-state index is 0.0845. The highest BCUT2D eigenvalue weighted by atomic mass is 16.7. The zero-order chi connectivity index (χ0) is 21.6. The van der Waals surface area contributed by atoms with E-state index in [-0.39, 0.29) is 24.8 Å². The molecule has 1 rings (SSSR count). The Morgan fingerprint density at radius 1 is 1.14 bits per heavy atom. The average molecular weight is 415 g/mol. The number of nitro groups is 1. The molecule has 0 aromatic rings. The number of carboxylic acid groups (broad SMARTS) is 1. The summed E-state index contributed by atoms with van der Waals surface area (Å²) < 4.78 is 0. The van der Waals surface area contributed by atoms with Crippen molar-refractivity contribution in [2.24, 2.45) is 16.5 Å². The second kappa shape index (κ2) is 13.7. The molecule has 6 N–H and O–H groups in total. The number of hydrogen-bond acceptors (Lipinski definition) is 7. The number of amides is 1. The van der Waals surface area contributed by atoms with Gasteiger partial charge in [-0.05, 0) is 32.2 Å². The van der Waals surface area contributed by atoms with Gasteiger partial charge in [-0.3, -0.25) is 14.5 Å². The standard InChI is InChI=1S/C17H33N7O5/c18-14(6-5-8-20-17(19)21-24(28)29)16(27)23-12-10-22(11-13-23)9-4-2-1-3-7-15(25)26/h14H,1-13,18H2,(H,25,26)(H3,19,20,21)/t14-/m0/s1. The molecule has 166 valence electrons. The van der Waals surface area contributed by atoms with Gasteiger partial charge in [-0.2, -0.15) is 0 Å². The third-order valence-corrected chi connectivity index (χ3v) is 4.78. The monoisotopic (exact) mass is 415 g/mol. The van der Waals surface area contributed by atoms with Crippen molar-refractivity contribution in [1.29, 1.82) is 0 Å². The van der Waals surface area contributed by atoms with E-state index in [1.807, 2.05) is 0 Å². The minimum Gasteiger partial charge on any atom is -0.481 e. The third kappa shape index (κ3) is 11.2. The summed E-state index contributed by atoms with van der Waals surface area (Å²) in [6, 6.07) is -0.615. The number of rotatable bonds is 13. The first-order valence-corrected chi connectivity index (χ1v) is 9.99. The van der Waals surface area contributed by atoms with E-state index >= 15 is 0 Å². The zero-order valence-electron chi connectivity index (χ0n) is 16.8. The second-order valence-electron chi connectivity index (χ2n) is 7.11. The number of carbonyl (C=O) groups excluding carboxylic acids is 1. The van der Waals surface area contributed by atoms with Crippen molar-refractivity contribution < 1.29 is 19.7 Å². The fraction of sp³-hybridized carbons (Fsp3) is 0.824. The fourth-order valence-electron chi connectivity index (χ4n) is 3.15. The SMILES string of the molecule is NC(=NCCC[C@H](N)C(=O)N1CCN(CCCCCCC(=O)O)CC1)N[N+](=O)[O-]. The molecule has 0 saturated carbocycles. The number of carboxylic acids is 1. The zero-order valence-corrected chi connectivity index (χ0v) is 16.8. The summed E-state index contributed by atoms with van der Waals surface area (Å²) in [5.74, 6) is -1.10. The molecule has 1 amide bonds. The molecular formula is C17H33N7O5. The lowest BCUT2D eigenvalue weighted by Gasteiger charge is -2.36. The molecule has 1 aliphatic heterocycles. The summed E-state index contributed by atoms with van der Waals surface area (Å²) in [6.07, 6.45) is 4.87. The van der Waals surface area contributed by atoms with Crippen molar-refractivity contribution >= 4 is 17.8 Å². The van der Waals surface area contributed by atoms with Crippen LogP contribution in [0.4, 0.5) is 0 Å². The lowest BCUT2D eigenvalue weighted by atomic mass is 10.1. The number of unbranched alkanes of at least 4 members (excludes halogenated alkanes) is 3. The van der Waals surface area contributed by atoms with Crippen LogP contribution >= 0.6 is 0 Å². The van der Waals surface area contributed by atoms with Gasteiger partial charge in [0.05, 0.1) is 6.04 Å². The molecule has 0 unspecified atom stereocenters. The number of piperazine rings is 1. The number of hydrogen-bond donors (Lipinski definition) is 4.